The van der Waals surface area contributed by atoms with Crippen LogP contribution >= 0.6 is 0 Å². The SMILES string of the molecule is CO[Si](O)(Cc1cc(C(F)(F)F)cc(C(F)(F)F)c1)OC. The Morgan fingerprint density at radius 1 is 0.905 bits per heavy atom. The first-order valence-corrected chi connectivity index (χ1v) is 7.49. The van der Waals surface area contributed by atoms with Gasteiger partial charge in [-0.15, -0.1) is 0 Å². The second kappa shape index (κ2) is 5.95. The van der Waals surface area contributed by atoms with Crippen LogP contribution in [0.1, 0.15) is 16.7 Å². The Morgan fingerprint density at radius 2 is 1.29 bits per heavy atom. The van der Waals surface area contributed by atoms with E-state index in [9.17, 15) is 31.1 Å². The van der Waals surface area contributed by atoms with Gasteiger partial charge in [0, 0.05) is 20.3 Å². The minimum Gasteiger partial charge on any atom is -0.390 e. The van der Waals surface area contributed by atoms with Crippen molar-refractivity contribution in [2.45, 2.75) is 18.4 Å². The van der Waals surface area contributed by atoms with Crippen LogP contribution in [0.15, 0.2) is 18.2 Å². The minimum atomic E-state index is -4.93. The predicted molar refractivity (Wildman–Crippen MR) is 62.1 cm³/mol. The van der Waals surface area contributed by atoms with Crippen LogP contribution in [0.5, 0.6) is 0 Å². The molecular formula is C11H12F6O3Si. The van der Waals surface area contributed by atoms with Gasteiger partial charge in [-0.3, -0.25) is 0 Å². The number of halogens is 6. The zero-order chi connectivity index (χ0) is 16.5. The van der Waals surface area contributed by atoms with E-state index in [-0.39, 0.29) is 11.6 Å². The molecule has 120 valence electrons. The van der Waals surface area contributed by atoms with Crippen LogP contribution in [-0.2, 0) is 27.2 Å². The summed E-state index contributed by atoms with van der Waals surface area (Å²) in [7, 11) is -1.71. The van der Waals surface area contributed by atoms with Gasteiger partial charge >= 0.3 is 21.2 Å². The maximum atomic E-state index is 12.7. The molecule has 3 nitrogen and oxygen atoms in total. The summed E-state index contributed by atoms with van der Waals surface area (Å²) in [5.41, 5.74) is -3.26. The van der Waals surface area contributed by atoms with Crippen molar-refractivity contribution in [3.05, 3.63) is 34.9 Å². The van der Waals surface area contributed by atoms with Crippen LogP contribution in [0, 0.1) is 0 Å². The van der Waals surface area contributed by atoms with Crippen molar-refractivity contribution in [1.82, 2.24) is 0 Å². The summed E-state index contributed by atoms with van der Waals surface area (Å²) in [6, 6.07) is 0.521. The summed E-state index contributed by atoms with van der Waals surface area (Å²) in [4.78, 5) is 9.80. The van der Waals surface area contributed by atoms with Crippen LogP contribution < -0.4 is 0 Å². The molecule has 21 heavy (non-hydrogen) atoms. The van der Waals surface area contributed by atoms with Gasteiger partial charge in [-0.05, 0) is 23.8 Å². The molecule has 0 saturated carbocycles. The summed E-state index contributed by atoms with van der Waals surface area (Å²) in [5.74, 6) is 0. The van der Waals surface area contributed by atoms with Crippen molar-refractivity contribution in [3.63, 3.8) is 0 Å². The molecule has 0 aromatic heterocycles. The number of rotatable bonds is 4. The lowest BCUT2D eigenvalue weighted by atomic mass is 10.1. The monoisotopic (exact) mass is 334 g/mol. The van der Waals surface area contributed by atoms with E-state index in [0.717, 1.165) is 14.2 Å². The van der Waals surface area contributed by atoms with Gasteiger partial charge in [-0.25, -0.2) is 0 Å². The van der Waals surface area contributed by atoms with E-state index in [2.05, 4.69) is 8.85 Å². The lowest BCUT2D eigenvalue weighted by Crippen LogP contribution is -2.43. The van der Waals surface area contributed by atoms with Gasteiger partial charge in [0.05, 0.1) is 11.1 Å². The lowest BCUT2D eigenvalue weighted by Gasteiger charge is -2.21. The Bertz CT molecular complexity index is 463. The van der Waals surface area contributed by atoms with E-state index >= 15 is 0 Å². The van der Waals surface area contributed by atoms with Gasteiger partial charge in [-0.1, -0.05) is 0 Å². The second-order valence-electron chi connectivity index (χ2n) is 4.21. The molecular weight excluding hydrogens is 322 g/mol. The summed E-state index contributed by atoms with van der Waals surface area (Å²) in [6.07, 6.45) is -9.87. The normalized spacial score (nSPS) is 13.6. The summed E-state index contributed by atoms with van der Waals surface area (Å²) in [6.45, 7) is 0. The van der Waals surface area contributed by atoms with Crippen molar-refractivity contribution in [2.75, 3.05) is 14.2 Å². The van der Waals surface area contributed by atoms with Crippen molar-refractivity contribution < 1.29 is 40.0 Å². The van der Waals surface area contributed by atoms with E-state index < -0.39 is 38.3 Å². The fraction of sp³-hybridized carbons (Fsp3) is 0.455. The highest BCUT2D eigenvalue weighted by Gasteiger charge is 2.39. The topological polar surface area (TPSA) is 38.7 Å². The van der Waals surface area contributed by atoms with Crippen molar-refractivity contribution in [1.29, 1.82) is 0 Å². The van der Waals surface area contributed by atoms with Crippen LogP contribution in [0.2, 0.25) is 0 Å². The molecule has 0 heterocycles. The highest BCUT2D eigenvalue weighted by Crippen LogP contribution is 2.36. The maximum absolute atomic E-state index is 12.7. The third-order valence-corrected chi connectivity index (χ3v) is 4.84. The Morgan fingerprint density at radius 3 is 1.57 bits per heavy atom. The number of alkyl halides is 6. The minimum absolute atomic E-state index is 0.0176. The molecule has 0 aliphatic heterocycles. The number of hydrogen-bond acceptors (Lipinski definition) is 3. The molecule has 0 saturated heterocycles. The van der Waals surface area contributed by atoms with Gasteiger partial charge in [0.1, 0.15) is 0 Å². The average Bonchev–Trinajstić information content (AvgIpc) is 2.36. The largest absolute Gasteiger partial charge is 0.502 e. The Balaban J connectivity index is 3.33. The van der Waals surface area contributed by atoms with Gasteiger partial charge in [0.2, 0.25) is 0 Å². The zero-order valence-corrected chi connectivity index (χ0v) is 12.0. The van der Waals surface area contributed by atoms with E-state index in [4.69, 9.17) is 0 Å². The molecule has 0 unspecified atom stereocenters. The Hall–Kier alpha value is -1.10. The molecule has 0 bridgehead atoms. The van der Waals surface area contributed by atoms with E-state index in [1.54, 1.807) is 0 Å². The first-order valence-electron chi connectivity index (χ1n) is 5.52. The first kappa shape index (κ1) is 17.9. The van der Waals surface area contributed by atoms with Gasteiger partial charge in [0.25, 0.3) is 0 Å². The molecule has 1 aromatic rings. The van der Waals surface area contributed by atoms with Crippen LogP contribution in [-0.4, -0.2) is 27.8 Å². The van der Waals surface area contributed by atoms with Crippen LogP contribution in [0.4, 0.5) is 26.3 Å². The zero-order valence-electron chi connectivity index (χ0n) is 11.0. The molecule has 0 aliphatic rings. The molecule has 1 aromatic carbocycles. The Kier molecular flexibility index (Phi) is 5.08. The van der Waals surface area contributed by atoms with Gasteiger partial charge in [-0.2, -0.15) is 26.3 Å². The maximum Gasteiger partial charge on any atom is 0.502 e. The van der Waals surface area contributed by atoms with Crippen molar-refractivity contribution in [2.24, 2.45) is 0 Å². The van der Waals surface area contributed by atoms with E-state index in [1.165, 1.54) is 0 Å². The van der Waals surface area contributed by atoms with Crippen molar-refractivity contribution >= 4 is 8.80 Å². The standard InChI is InChI=1S/C11H12F6O3Si/c1-19-21(18,20-2)6-7-3-8(10(12,13)14)5-9(4-7)11(15,16)17/h3-5,18H,6H2,1-2H3. The fourth-order valence-electron chi connectivity index (χ4n) is 1.61. The third kappa shape index (κ3) is 4.70. The molecule has 0 amide bonds. The molecule has 1 N–H and O–H groups in total. The first-order chi connectivity index (χ1) is 9.41. The second-order valence-corrected chi connectivity index (χ2v) is 6.81. The van der Waals surface area contributed by atoms with Crippen LogP contribution in [0.25, 0.3) is 0 Å². The number of hydrogen-bond donors (Lipinski definition) is 1. The third-order valence-electron chi connectivity index (χ3n) is 2.71. The average molecular weight is 334 g/mol. The van der Waals surface area contributed by atoms with Crippen molar-refractivity contribution in [3.8, 4) is 0 Å². The molecule has 10 heteroatoms. The molecule has 0 spiro atoms. The fourth-order valence-corrected chi connectivity index (χ4v) is 2.78. The molecule has 0 atom stereocenters. The summed E-state index contributed by atoms with van der Waals surface area (Å²) >= 11 is 0. The predicted octanol–water partition coefficient (Wildman–Crippen LogP) is 3.03. The molecule has 0 radical (unpaired) electrons. The quantitative estimate of drug-likeness (QED) is 0.679. The Labute approximate surface area is 117 Å². The number of benzene rings is 1. The summed E-state index contributed by atoms with van der Waals surface area (Å²) in [5, 5.41) is 0. The molecule has 1 rings (SSSR count). The highest BCUT2D eigenvalue weighted by atomic mass is 28.4. The van der Waals surface area contributed by atoms with Gasteiger partial charge < -0.3 is 13.6 Å². The van der Waals surface area contributed by atoms with E-state index in [1.807, 2.05) is 0 Å². The van der Waals surface area contributed by atoms with Crippen LogP contribution in [0.3, 0.4) is 0 Å². The van der Waals surface area contributed by atoms with E-state index in [0.29, 0.717) is 12.1 Å². The smallest absolute Gasteiger partial charge is 0.390 e. The summed E-state index contributed by atoms with van der Waals surface area (Å²) < 4.78 is 85.2. The highest BCUT2D eigenvalue weighted by molar-refractivity contribution is 6.58. The molecule has 0 fully saturated rings. The molecule has 0 aliphatic carbocycles. The lowest BCUT2D eigenvalue weighted by molar-refractivity contribution is -0.143. The van der Waals surface area contributed by atoms with Gasteiger partial charge in [0.15, 0.2) is 0 Å².